The van der Waals surface area contributed by atoms with Gasteiger partial charge in [0.25, 0.3) is 0 Å². The first-order valence-corrected chi connectivity index (χ1v) is 5.94. The average Bonchev–Trinajstić information content (AvgIpc) is 2.24. The molecular weight excluding hydrogens is 275 g/mol. The molecule has 0 aliphatic rings. The minimum Gasteiger partial charge on any atom is -0.298 e. The van der Waals surface area contributed by atoms with Crippen molar-refractivity contribution in [3.63, 3.8) is 0 Å². The summed E-state index contributed by atoms with van der Waals surface area (Å²) < 4.78 is 0.847. The summed E-state index contributed by atoms with van der Waals surface area (Å²) in [5.74, 6) is 0. The Kier molecular flexibility index (Phi) is 5.10. The summed E-state index contributed by atoms with van der Waals surface area (Å²) in [6.07, 6.45) is 1.00. The van der Waals surface area contributed by atoms with Gasteiger partial charge in [-0.05, 0) is 46.6 Å². The van der Waals surface area contributed by atoms with E-state index in [0.29, 0.717) is 5.02 Å². The van der Waals surface area contributed by atoms with Gasteiger partial charge in [0.1, 0.15) is 6.04 Å². The molecule has 0 heterocycles. The fourth-order valence-corrected chi connectivity index (χ4v) is 1.65. The zero-order valence-electron chi connectivity index (χ0n) is 8.43. The maximum atomic E-state index is 9.00. The summed E-state index contributed by atoms with van der Waals surface area (Å²) in [6, 6.07) is 7.49. The molecule has 1 N–H and O–H groups in total. The zero-order valence-corrected chi connectivity index (χ0v) is 10.8. The van der Waals surface area contributed by atoms with Gasteiger partial charge in [0.15, 0.2) is 0 Å². The molecule has 1 rings (SSSR count). The number of nitriles is 1. The quantitative estimate of drug-likeness (QED) is 0.917. The first-order chi connectivity index (χ1) is 7.19. The van der Waals surface area contributed by atoms with E-state index in [1.165, 1.54) is 0 Å². The number of nitrogens with one attached hydrogen (secondary N) is 1. The number of halogens is 2. The summed E-state index contributed by atoms with van der Waals surface area (Å²) in [4.78, 5) is 0. The molecule has 0 aromatic heterocycles. The summed E-state index contributed by atoms with van der Waals surface area (Å²) in [6.45, 7) is 2.89. The minimum atomic E-state index is -0.282. The van der Waals surface area contributed by atoms with E-state index < -0.39 is 0 Å². The first kappa shape index (κ1) is 12.5. The van der Waals surface area contributed by atoms with Crippen LogP contribution in [0.15, 0.2) is 22.7 Å². The molecule has 0 bridgehead atoms. The predicted molar refractivity (Wildman–Crippen MR) is 65.8 cm³/mol. The molecule has 1 unspecified atom stereocenters. The van der Waals surface area contributed by atoms with Crippen LogP contribution in [-0.2, 0) is 0 Å². The third kappa shape index (κ3) is 3.49. The summed E-state index contributed by atoms with van der Waals surface area (Å²) >= 11 is 9.28. The van der Waals surface area contributed by atoms with Crippen LogP contribution in [0.2, 0.25) is 5.02 Å². The molecule has 1 aromatic carbocycles. The van der Waals surface area contributed by atoms with Crippen LogP contribution >= 0.6 is 27.5 Å². The van der Waals surface area contributed by atoms with E-state index in [2.05, 4.69) is 34.2 Å². The molecule has 0 aliphatic carbocycles. The van der Waals surface area contributed by atoms with E-state index in [9.17, 15) is 0 Å². The highest BCUT2D eigenvalue weighted by atomic mass is 79.9. The Labute approximate surface area is 103 Å². The Hall–Kier alpha value is -0.560. The van der Waals surface area contributed by atoms with E-state index in [-0.39, 0.29) is 6.04 Å². The first-order valence-electron chi connectivity index (χ1n) is 4.77. The number of hydrogen-bond acceptors (Lipinski definition) is 2. The van der Waals surface area contributed by atoms with Gasteiger partial charge in [-0.15, -0.1) is 0 Å². The zero-order chi connectivity index (χ0) is 11.3. The summed E-state index contributed by atoms with van der Waals surface area (Å²) in [5.41, 5.74) is 0.902. The highest BCUT2D eigenvalue weighted by Crippen LogP contribution is 2.25. The molecule has 1 aromatic rings. The molecule has 0 saturated carbocycles. The van der Waals surface area contributed by atoms with Crippen molar-refractivity contribution in [2.45, 2.75) is 19.4 Å². The van der Waals surface area contributed by atoms with Crippen LogP contribution in [0, 0.1) is 11.3 Å². The Morgan fingerprint density at radius 3 is 2.87 bits per heavy atom. The topological polar surface area (TPSA) is 35.8 Å². The summed E-state index contributed by atoms with van der Waals surface area (Å²) in [5, 5.41) is 12.8. The molecule has 15 heavy (non-hydrogen) atoms. The van der Waals surface area contributed by atoms with Crippen molar-refractivity contribution >= 4 is 27.5 Å². The second-order valence-electron chi connectivity index (χ2n) is 3.19. The van der Waals surface area contributed by atoms with Crippen molar-refractivity contribution in [1.29, 1.82) is 5.26 Å². The monoisotopic (exact) mass is 286 g/mol. The lowest BCUT2D eigenvalue weighted by molar-refractivity contribution is 0.621. The number of rotatable bonds is 4. The van der Waals surface area contributed by atoms with Crippen LogP contribution < -0.4 is 5.32 Å². The molecule has 0 saturated heterocycles. The number of hydrogen-bond donors (Lipinski definition) is 1. The Balaban J connectivity index is 2.84. The van der Waals surface area contributed by atoms with Crippen molar-refractivity contribution in [3.8, 4) is 6.07 Å². The highest BCUT2D eigenvalue weighted by Gasteiger charge is 2.10. The fraction of sp³-hybridized carbons (Fsp3) is 0.364. The second kappa shape index (κ2) is 6.12. The lowest BCUT2D eigenvalue weighted by Gasteiger charge is -2.11. The average molecular weight is 288 g/mol. The standard InChI is InChI=1S/C11H12BrClN2/c1-2-5-15-11(7-14)8-3-4-9(12)10(13)6-8/h3-4,6,11,15H,2,5H2,1H3. The molecule has 80 valence electrons. The van der Waals surface area contributed by atoms with Crippen LogP contribution in [0.4, 0.5) is 0 Å². The maximum Gasteiger partial charge on any atom is 0.121 e. The Morgan fingerprint density at radius 2 is 2.33 bits per heavy atom. The van der Waals surface area contributed by atoms with Gasteiger partial charge in [-0.2, -0.15) is 5.26 Å². The van der Waals surface area contributed by atoms with Crippen LogP contribution in [0.3, 0.4) is 0 Å². The van der Waals surface area contributed by atoms with Gasteiger partial charge >= 0.3 is 0 Å². The van der Waals surface area contributed by atoms with E-state index in [1.807, 2.05) is 18.2 Å². The molecule has 0 spiro atoms. The molecule has 0 aliphatic heterocycles. The third-order valence-corrected chi connectivity index (χ3v) is 3.24. The highest BCUT2D eigenvalue weighted by molar-refractivity contribution is 9.10. The molecule has 0 amide bonds. The normalized spacial score (nSPS) is 12.1. The molecule has 2 nitrogen and oxygen atoms in total. The van der Waals surface area contributed by atoms with E-state index >= 15 is 0 Å². The smallest absolute Gasteiger partial charge is 0.121 e. The fourth-order valence-electron chi connectivity index (χ4n) is 1.22. The van der Waals surface area contributed by atoms with Crippen molar-refractivity contribution in [3.05, 3.63) is 33.3 Å². The number of benzene rings is 1. The number of nitrogens with zero attached hydrogens (tertiary/aromatic N) is 1. The van der Waals surface area contributed by atoms with E-state index in [4.69, 9.17) is 16.9 Å². The van der Waals surface area contributed by atoms with Gasteiger partial charge < -0.3 is 0 Å². The van der Waals surface area contributed by atoms with Crippen LogP contribution in [-0.4, -0.2) is 6.54 Å². The second-order valence-corrected chi connectivity index (χ2v) is 4.45. The lowest BCUT2D eigenvalue weighted by atomic mass is 10.1. The predicted octanol–water partition coefficient (Wildman–Crippen LogP) is 3.67. The van der Waals surface area contributed by atoms with Crippen molar-refractivity contribution in [1.82, 2.24) is 5.32 Å². The van der Waals surface area contributed by atoms with Gasteiger partial charge in [-0.25, -0.2) is 0 Å². The van der Waals surface area contributed by atoms with Gasteiger partial charge in [0, 0.05) is 4.47 Å². The molecule has 0 radical (unpaired) electrons. The molecular formula is C11H12BrClN2. The van der Waals surface area contributed by atoms with Crippen LogP contribution in [0.1, 0.15) is 24.9 Å². The van der Waals surface area contributed by atoms with Crippen LogP contribution in [0.25, 0.3) is 0 Å². The third-order valence-electron chi connectivity index (χ3n) is 2.00. The molecule has 0 fully saturated rings. The van der Waals surface area contributed by atoms with Gasteiger partial charge in [0.2, 0.25) is 0 Å². The van der Waals surface area contributed by atoms with Crippen molar-refractivity contribution < 1.29 is 0 Å². The van der Waals surface area contributed by atoms with Gasteiger partial charge in [-0.1, -0.05) is 24.6 Å². The molecule has 1 atom stereocenters. The van der Waals surface area contributed by atoms with Crippen molar-refractivity contribution in [2.75, 3.05) is 6.54 Å². The summed E-state index contributed by atoms with van der Waals surface area (Å²) in [7, 11) is 0. The van der Waals surface area contributed by atoms with Gasteiger partial charge in [-0.3, -0.25) is 5.32 Å². The Morgan fingerprint density at radius 1 is 1.60 bits per heavy atom. The maximum absolute atomic E-state index is 9.00. The SMILES string of the molecule is CCCNC(C#N)c1ccc(Br)c(Cl)c1. The van der Waals surface area contributed by atoms with Crippen LogP contribution in [0.5, 0.6) is 0 Å². The minimum absolute atomic E-state index is 0.282. The Bertz CT molecular complexity index is 373. The van der Waals surface area contributed by atoms with Gasteiger partial charge in [0.05, 0.1) is 11.1 Å². The van der Waals surface area contributed by atoms with E-state index in [0.717, 1.165) is 23.0 Å². The lowest BCUT2D eigenvalue weighted by Crippen LogP contribution is -2.20. The molecule has 4 heteroatoms. The largest absolute Gasteiger partial charge is 0.298 e. The van der Waals surface area contributed by atoms with Crippen molar-refractivity contribution in [2.24, 2.45) is 0 Å². The van der Waals surface area contributed by atoms with E-state index in [1.54, 1.807) is 0 Å².